The molecule has 1 aliphatic heterocycles. The lowest BCUT2D eigenvalue weighted by Crippen LogP contribution is -2.29. The molecule has 1 aliphatic rings. The molecule has 1 fully saturated rings. The lowest BCUT2D eigenvalue weighted by atomic mass is 10.2. The van der Waals surface area contributed by atoms with Crippen molar-refractivity contribution >= 4 is 11.7 Å². The van der Waals surface area contributed by atoms with Gasteiger partial charge < -0.3 is 10.6 Å². The maximum Gasteiger partial charge on any atom is 0.254 e. The van der Waals surface area contributed by atoms with Crippen molar-refractivity contribution in [2.24, 2.45) is 0 Å². The van der Waals surface area contributed by atoms with Crippen molar-refractivity contribution in [1.29, 1.82) is 5.26 Å². The van der Waals surface area contributed by atoms with Gasteiger partial charge in [-0.3, -0.25) is 4.79 Å². The van der Waals surface area contributed by atoms with Crippen LogP contribution in [0.25, 0.3) is 5.69 Å². The van der Waals surface area contributed by atoms with Crippen LogP contribution in [0.3, 0.4) is 0 Å². The molecule has 2 heterocycles. The van der Waals surface area contributed by atoms with E-state index in [1.807, 2.05) is 6.07 Å². The number of amides is 1. The minimum absolute atomic E-state index is 0.201. The van der Waals surface area contributed by atoms with Gasteiger partial charge in [0.05, 0.1) is 25.0 Å². The first-order valence-corrected chi connectivity index (χ1v) is 6.92. The molecular weight excluding hydrogens is 304 g/mol. The molecule has 0 spiro atoms. The normalized spacial score (nSPS) is 20.5. The van der Waals surface area contributed by atoms with Crippen molar-refractivity contribution in [1.82, 2.24) is 14.7 Å². The van der Waals surface area contributed by atoms with E-state index in [1.165, 1.54) is 23.0 Å². The van der Waals surface area contributed by atoms with Crippen LogP contribution in [-0.2, 0) is 0 Å². The second kappa shape index (κ2) is 5.68. The van der Waals surface area contributed by atoms with Gasteiger partial charge >= 0.3 is 0 Å². The molecule has 0 bridgehead atoms. The zero-order valence-corrected chi connectivity index (χ0v) is 12.0. The molecule has 1 amide bonds. The lowest BCUT2D eigenvalue weighted by Gasteiger charge is -2.15. The molecule has 0 unspecified atom stereocenters. The SMILES string of the molecule is N#Cc1cnn(-c2ccc(C(=O)N3C[C@@H](F)[C@@H](F)C3)cc2)c1N. The Morgan fingerprint density at radius 3 is 2.39 bits per heavy atom. The number of benzene rings is 1. The summed E-state index contributed by atoms with van der Waals surface area (Å²) in [4.78, 5) is 13.4. The number of nitrogens with two attached hydrogens (primary N) is 1. The molecule has 118 valence electrons. The molecule has 1 saturated heterocycles. The molecule has 8 heteroatoms. The minimum Gasteiger partial charge on any atom is -0.382 e. The molecule has 2 aromatic rings. The van der Waals surface area contributed by atoms with E-state index in [9.17, 15) is 13.6 Å². The summed E-state index contributed by atoms with van der Waals surface area (Å²) < 4.78 is 27.7. The topological polar surface area (TPSA) is 87.9 Å². The number of nitrogen functional groups attached to an aromatic ring is 1. The monoisotopic (exact) mass is 317 g/mol. The highest BCUT2D eigenvalue weighted by molar-refractivity contribution is 5.94. The van der Waals surface area contributed by atoms with Gasteiger partial charge in [-0.1, -0.05) is 0 Å². The average Bonchev–Trinajstić information content (AvgIpc) is 3.09. The second-order valence-electron chi connectivity index (χ2n) is 5.26. The Labute approximate surface area is 130 Å². The summed E-state index contributed by atoms with van der Waals surface area (Å²) in [7, 11) is 0. The van der Waals surface area contributed by atoms with Gasteiger partial charge in [-0.2, -0.15) is 10.4 Å². The van der Waals surface area contributed by atoms with E-state index in [0.717, 1.165) is 4.90 Å². The Hall–Kier alpha value is -2.95. The Bertz CT molecular complexity index is 770. The van der Waals surface area contributed by atoms with Gasteiger partial charge in [-0.05, 0) is 24.3 Å². The molecule has 6 nitrogen and oxygen atoms in total. The molecule has 0 radical (unpaired) electrons. The van der Waals surface area contributed by atoms with E-state index in [0.29, 0.717) is 11.3 Å². The van der Waals surface area contributed by atoms with Crippen molar-refractivity contribution in [3.05, 3.63) is 41.6 Å². The summed E-state index contributed by atoms with van der Waals surface area (Å²) >= 11 is 0. The van der Waals surface area contributed by atoms with E-state index in [-0.39, 0.29) is 24.5 Å². The van der Waals surface area contributed by atoms with Crippen molar-refractivity contribution in [3.63, 3.8) is 0 Å². The van der Waals surface area contributed by atoms with Crippen LogP contribution >= 0.6 is 0 Å². The van der Waals surface area contributed by atoms with Crippen LogP contribution in [0.15, 0.2) is 30.5 Å². The number of nitriles is 1. The van der Waals surface area contributed by atoms with Crippen molar-refractivity contribution in [2.45, 2.75) is 12.3 Å². The maximum absolute atomic E-state index is 13.2. The van der Waals surface area contributed by atoms with E-state index >= 15 is 0 Å². The number of hydrogen-bond acceptors (Lipinski definition) is 4. The smallest absolute Gasteiger partial charge is 0.254 e. The highest BCUT2D eigenvalue weighted by Crippen LogP contribution is 2.21. The third-order valence-electron chi connectivity index (χ3n) is 3.75. The van der Waals surface area contributed by atoms with Crippen LogP contribution in [0.1, 0.15) is 15.9 Å². The fourth-order valence-electron chi connectivity index (χ4n) is 2.47. The molecule has 0 saturated carbocycles. The highest BCUT2D eigenvalue weighted by Gasteiger charge is 2.35. The van der Waals surface area contributed by atoms with Gasteiger partial charge in [0.25, 0.3) is 5.91 Å². The maximum atomic E-state index is 13.2. The predicted octanol–water partition coefficient (Wildman–Crippen LogP) is 1.46. The Morgan fingerprint density at radius 1 is 1.26 bits per heavy atom. The number of anilines is 1. The number of likely N-dealkylation sites (tertiary alicyclic amines) is 1. The van der Waals surface area contributed by atoms with Crippen molar-refractivity contribution in [2.75, 3.05) is 18.8 Å². The van der Waals surface area contributed by atoms with E-state index < -0.39 is 18.3 Å². The second-order valence-corrected chi connectivity index (χ2v) is 5.26. The van der Waals surface area contributed by atoms with Crippen molar-refractivity contribution in [3.8, 4) is 11.8 Å². The van der Waals surface area contributed by atoms with Crippen LogP contribution in [0, 0.1) is 11.3 Å². The number of hydrogen-bond donors (Lipinski definition) is 1. The first-order chi connectivity index (χ1) is 11.0. The summed E-state index contributed by atoms with van der Waals surface area (Å²) in [5.74, 6) is -0.225. The number of nitrogens with zero attached hydrogens (tertiary/aromatic N) is 4. The summed E-state index contributed by atoms with van der Waals surface area (Å²) in [6, 6.07) is 8.19. The third kappa shape index (κ3) is 2.61. The number of rotatable bonds is 2. The largest absolute Gasteiger partial charge is 0.382 e. The molecule has 1 aromatic carbocycles. The van der Waals surface area contributed by atoms with Gasteiger partial charge in [0.2, 0.25) is 0 Å². The number of aromatic nitrogens is 2. The van der Waals surface area contributed by atoms with Crippen molar-refractivity contribution < 1.29 is 13.6 Å². The molecule has 0 aliphatic carbocycles. The standard InChI is InChI=1S/C15H13F2N5O/c16-12-7-21(8-13(12)17)15(23)9-1-3-11(4-2-9)22-14(19)10(5-18)6-20-22/h1-4,6,12-13H,7-8,19H2/t12-,13+. The summed E-state index contributed by atoms with van der Waals surface area (Å²) in [6.45, 7) is -0.473. The Balaban J connectivity index is 1.81. The number of carbonyl (C=O) groups is 1. The first kappa shape index (κ1) is 15.0. The number of carbonyl (C=O) groups excluding carboxylic acids is 1. The zero-order chi connectivity index (χ0) is 16.6. The number of alkyl halides is 2. The molecule has 1 aromatic heterocycles. The zero-order valence-electron chi connectivity index (χ0n) is 12.0. The first-order valence-electron chi connectivity index (χ1n) is 6.92. The predicted molar refractivity (Wildman–Crippen MR) is 78.4 cm³/mol. The van der Waals surface area contributed by atoms with Crippen LogP contribution in [0.5, 0.6) is 0 Å². The Morgan fingerprint density at radius 2 is 1.87 bits per heavy atom. The number of halogens is 2. The van der Waals surface area contributed by atoms with Gasteiger partial charge in [0, 0.05) is 5.56 Å². The molecule has 23 heavy (non-hydrogen) atoms. The summed E-state index contributed by atoms with van der Waals surface area (Å²) in [5.41, 5.74) is 6.95. The fourth-order valence-corrected chi connectivity index (χ4v) is 2.47. The average molecular weight is 317 g/mol. The Kier molecular flexibility index (Phi) is 3.70. The van der Waals surface area contributed by atoms with Gasteiger partial charge in [-0.25, -0.2) is 13.5 Å². The van der Waals surface area contributed by atoms with Gasteiger partial charge in [0.15, 0.2) is 12.3 Å². The van der Waals surface area contributed by atoms with E-state index in [2.05, 4.69) is 5.10 Å². The summed E-state index contributed by atoms with van der Waals surface area (Å²) in [5, 5.41) is 12.9. The molecular formula is C15H13F2N5O. The van der Waals surface area contributed by atoms with E-state index in [4.69, 9.17) is 11.0 Å². The molecule has 3 rings (SSSR count). The lowest BCUT2D eigenvalue weighted by molar-refractivity contribution is 0.0779. The quantitative estimate of drug-likeness (QED) is 0.908. The van der Waals surface area contributed by atoms with Gasteiger partial charge in [0.1, 0.15) is 17.5 Å². The third-order valence-corrected chi connectivity index (χ3v) is 3.75. The highest BCUT2D eigenvalue weighted by atomic mass is 19.2. The van der Waals surface area contributed by atoms with Gasteiger partial charge in [-0.15, -0.1) is 0 Å². The van der Waals surface area contributed by atoms with Crippen LogP contribution in [0.4, 0.5) is 14.6 Å². The molecule has 2 atom stereocenters. The minimum atomic E-state index is -1.63. The fraction of sp³-hybridized carbons (Fsp3) is 0.267. The summed E-state index contributed by atoms with van der Waals surface area (Å²) in [6.07, 6.45) is -1.92. The van der Waals surface area contributed by atoms with Crippen LogP contribution in [0.2, 0.25) is 0 Å². The van der Waals surface area contributed by atoms with Crippen LogP contribution in [-0.4, -0.2) is 46.0 Å². The van der Waals surface area contributed by atoms with E-state index in [1.54, 1.807) is 12.1 Å². The molecule has 2 N–H and O–H groups in total. The van der Waals surface area contributed by atoms with Crippen LogP contribution < -0.4 is 5.73 Å².